The summed E-state index contributed by atoms with van der Waals surface area (Å²) in [5, 5.41) is 2.84. The molecule has 1 aliphatic heterocycles. The van der Waals surface area contributed by atoms with Gasteiger partial charge >= 0.3 is 0 Å². The molecule has 2 aromatic rings. The van der Waals surface area contributed by atoms with E-state index in [2.05, 4.69) is 5.32 Å². The average Bonchev–Trinajstić information content (AvgIpc) is 2.94. The van der Waals surface area contributed by atoms with E-state index in [9.17, 15) is 13.2 Å². The Morgan fingerprint density at radius 2 is 1.88 bits per heavy atom. The van der Waals surface area contributed by atoms with E-state index in [4.69, 9.17) is 0 Å². The van der Waals surface area contributed by atoms with Gasteiger partial charge in [0.05, 0.1) is 11.4 Å². The van der Waals surface area contributed by atoms with Crippen LogP contribution in [0.5, 0.6) is 0 Å². The zero-order valence-corrected chi connectivity index (χ0v) is 15.1. The van der Waals surface area contributed by atoms with Crippen molar-refractivity contribution in [1.29, 1.82) is 0 Å². The van der Waals surface area contributed by atoms with Gasteiger partial charge in [0.25, 0.3) is 5.91 Å². The minimum absolute atomic E-state index is 0.168. The average molecular weight is 359 g/mol. The van der Waals surface area contributed by atoms with Crippen molar-refractivity contribution in [1.82, 2.24) is 0 Å². The van der Waals surface area contributed by atoms with E-state index in [0.29, 0.717) is 29.9 Å². The molecule has 0 atom stereocenters. The van der Waals surface area contributed by atoms with Gasteiger partial charge in [0.15, 0.2) is 0 Å². The third-order valence-corrected chi connectivity index (χ3v) is 5.99. The summed E-state index contributed by atoms with van der Waals surface area (Å²) in [4.78, 5) is 14.4. The first-order valence-corrected chi connectivity index (χ1v) is 9.67. The molecule has 1 saturated heterocycles. The van der Waals surface area contributed by atoms with Crippen molar-refractivity contribution in [3.63, 3.8) is 0 Å². The molecule has 0 aromatic heterocycles. The molecule has 1 amide bonds. The predicted molar refractivity (Wildman–Crippen MR) is 101 cm³/mol. The number of benzene rings is 2. The lowest BCUT2D eigenvalue weighted by Crippen LogP contribution is -2.25. The van der Waals surface area contributed by atoms with E-state index in [-0.39, 0.29) is 11.7 Å². The van der Waals surface area contributed by atoms with Crippen LogP contribution in [0.3, 0.4) is 0 Å². The van der Waals surface area contributed by atoms with Gasteiger partial charge in [-0.15, -0.1) is 0 Å². The van der Waals surface area contributed by atoms with E-state index >= 15 is 0 Å². The molecular weight excluding hydrogens is 338 g/mol. The maximum Gasteiger partial charge on any atom is 0.255 e. The highest BCUT2D eigenvalue weighted by atomic mass is 32.2. The van der Waals surface area contributed by atoms with Gasteiger partial charge in [-0.3, -0.25) is 9.10 Å². The lowest BCUT2D eigenvalue weighted by atomic mass is 10.1. The zero-order valence-electron chi connectivity index (χ0n) is 14.3. The standard InChI is InChI=1S/C18H21N3O3S/c1-20(2)16-8-3-6-14(12-16)18(22)19-15-7-4-9-17(13-15)21-10-5-11-25(21,23)24/h3-4,6-9,12-13H,5,10-11H2,1-2H3,(H,19,22). The molecule has 2 aromatic carbocycles. The second kappa shape index (κ2) is 6.76. The summed E-state index contributed by atoms with van der Waals surface area (Å²) in [6, 6.07) is 14.2. The number of nitrogens with zero attached hydrogens (tertiary/aromatic N) is 2. The zero-order chi connectivity index (χ0) is 18.0. The number of nitrogens with one attached hydrogen (secondary N) is 1. The van der Waals surface area contributed by atoms with Crippen molar-refractivity contribution in [3.8, 4) is 0 Å². The Kier molecular flexibility index (Phi) is 4.67. The highest BCUT2D eigenvalue weighted by Crippen LogP contribution is 2.26. The van der Waals surface area contributed by atoms with Crippen molar-refractivity contribution < 1.29 is 13.2 Å². The van der Waals surface area contributed by atoms with Crippen LogP contribution >= 0.6 is 0 Å². The maximum atomic E-state index is 12.5. The fraction of sp³-hybridized carbons (Fsp3) is 0.278. The molecule has 6 nitrogen and oxygen atoms in total. The largest absolute Gasteiger partial charge is 0.378 e. The molecule has 0 unspecified atom stereocenters. The second-order valence-corrected chi connectivity index (χ2v) is 8.20. The Balaban J connectivity index is 1.81. The summed E-state index contributed by atoms with van der Waals surface area (Å²) in [5.41, 5.74) is 2.63. The number of amides is 1. The SMILES string of the molecule is CN(C)c1cccc(C(=O)Nc2cccc(N3CCCS3(=O)=O)c2)c1. The molecule has 0 aliphatic carbocycles. The Bertz CT molecular complexity index is 894. The van der Waals surface area contributed by atoms with Gasteiger partial charge in [0, 0.05) is 37.6 Å². The molecule has 1 N–H and O–H groups in total. The highest BCUT2D eigenvalue weighted by Gasteiger charge is 2.28. The summed E-state index contributed by atoms with van der Waals surface area (Å²) in [5.74, 6) is -0.0638. The third-order valence-electron chi connectivity index (χ3n) is 4.12. The molecule has 0 spiro atoms. The van der Waals surface area contributed by atoms with Crippen LogP contribution in [-0.2, 0) is 10.0 Å². The van der Waals surface area contributed by atoms with E-state index in [0.717, 1.165) is 5.69 Å². The lowest BCUT2D eigenvalue weighted by molar-refractivity contribution is 0.102. The number of carbonyl (C=O) groups is 1. The summed E-state index contributed by atoms with van der Waals surface area (Å²) in [6.45, 7) is 0.477. The van der Waals surface area contributed by atoms with Crippen LogP contribution in [0.2, 0.25) is 0 Å². The van der Waals surface area contributed by atoms with Gasteiger partial charge in [-0.2, -0.15) is 0 Å². The summed E-state index contributed by atoms with van der Waals surface area (Å²) in [6.07, 6.45) is 0.621. The molecule has 132 valence electrons. The van der Waals surface area contributed by atoms with Gasteiger partial charge in [0.1, 0.15) is 0 Å². The first-order chi connectivity index (χ1) is 11.9. The number of anilines is 3. The Labute approximate surface area is 148 Å². The third kappa shape index (κ3) is 3.76. The molecule has 1 heterocycles. The summed E-state index contributed by atoms with van der Waals surface area (Å²) in [7, 11) is 0.590. The number of rotatable bonds is 4. The summed E-state index contributed by atoms with van der Waals surface area (Å²) < 4.78 is 25.5. The number of hydrogen-bond acceptors (Lipinski definition) is 4. The van der Waals surface area contributed by atoms with Crippen LogP contribution in [0.4, 0.5) is 17.1 Å². The second-order valence-electron chi connectivity index (χ2n) is 6.19. The fourth-order valence-corrected chi connectivity index (χ4v) is 4.35. The lowest BCUT2D eigenvalue weighted by Gasteiger charge is -2.18. The first-order valence-electron chi connectivity index (χ1n) is 8.06. The van der Waals surface area contributed by atoms with Crippen LogP contribution in [0.25, 0.3) is 0 Å². The van der Waals surface area contributed by atoms with Gasteiger partial charge < -0.3 is 10.2 Å². The molecule has 1 fully saturated rings. The molecule has 0 bridgehead atoms. The molecule has 1 aliphatic rings. The normalized spacial score (nSPS) is 15.8. The van der Waals surface area contributed by atoms with Crippen molar-refractivity contribution in [2.75, 3.05) is 40.9 Å². The van der Waals surface area contributed by atoms with Crippen LogP contribution < -0.4 is 14.5 Å². The van der Waals surface area contributed by atoms with E-state index in [1.807, 2.05) is 37.2 Å². The van der Waals surface area contributed by atoms with Crippen molar-refractivity contribution in [2.24, 2.45) is 0 Å². The van der Waals surface area contributed by atoms with E-state index < -0.39 is 10.0 Å². The monoisotopic (exact) mass is 359 g/mol. The quantitative estimate of drug-likeness (QED) is 0.911. The molecular formula is C18H21N3O3S. The first kappa shape index (κ1) is 17.3. The van der Waals surface area contributed by atoms with Crippen LogP contribution in [0.1, 0.15) is 16.8 Å². The topological polar surface area (TPSA) is 69.7 Å². The Morgan fingerprint density at radius 3 is 2.56 bits per heavy atom. The molecule has 3 rings (SSSR count). The minimum atomic E-state index is -3.24. The van der Waals surface area contributed by atoms with Crippen molar-refractivity contribution in [3.05, 3.63) is 54.1 Å². The predicted octanol–water partition coefficient (Wildman–Crippen LogP) is 2.54. The number of hydrogen-bond donors (Lipinski definition) is 1. The number of carbonyl (C=O) groups excluding carboxylic acids is 1. The molecule has 0 radical (unpaired) electrons. The molecule has 0 saturated carbocycles. The van der Waals surface area contributed by atoms with Gasteiger partial charge in [-0.05, 0) is 42.8 Å². The van der Waals surface area contributed by atoms with Crippen LogP contribution in [-0.4, -0.2) is 40.7 Å². The van der Waals surface area contributed by atoms with E-state index in [1.54, 1.807) is 30.3 Å². The minimum Gasteiger partial charge on any atom is -0.378 e. The fourth-order valence-electron chi connectivity index (χ4n) is 2.80. The molecule has 25 heavy (non-hydrogen) atoms. The Morgan fingerprint density at radius 1 is 1.12 bits per heavy atom. The van der Waals surface area contributed by atoms with Crippen molar-refractivity contribution >= 4 is 33.0 Å². The van der Waals surface area contributed by atoms with Crippen LogP contribution in [0.15, 0.2) is 48.5 Å². The van der Waals surface area contributed by atoms with E-state index in [1.165, 1.54) is 4.31 Å². The van der Waals surface area contributed by atoms with Crippen molar-refractivity contribution in [2.45, 2.75) is 6.42 Å². The number of sulfonamides is 1. The Hall–Kier alpha value is -2.54. The molecule has 7 heteroatoms. The van der Waals surface area contributed by atoms with Crippen LogP contribution in [0, 0.1) is 0 Å². The van der Waals surface area contributed by atoms with Gasteiger partial charge in [0.2, 0.25) is 10.0 Å². The van der Waals surface area contributed by atoms with Gasteiger partial charge in [-0.25, -0.2) is 8.42 Å². The smallest absolute Gasteiger partial charge is 0.255 e. The maximum absolute atomic E-state index is 12.5. The highest BCUT2D eigenvalue weighted by molar-refractivity contribution is 7.93. The summed E-state index contributed by atoms with van der Waals surface area (Å²) >= 11 is 0. The van der Waals surface area contributed by atoms with Gasteiger partial charge in [-0.1, -0.05) is 12.1 Å².